The van der Waals surface area contributed by atoms with Crippen LogP contribution in [0.2, 0.25) is 0 Å². The molecule has 3 aliphatic heterocycles. The van der Waals surface area contributed by atoms with Gasteiger partial charge in [-0.3, -0.25) is 9.59 Å². The van der Waals surface area contributed by atoms with E-state index in [2.05, 4.69) is 58.1 Å². The van der Waals surface area contributed by atoms with Crippen LogP contribution in [0.25, 0.3) is 0 Å². The predicted octanol–water partition coefficient (Wildman–Crippen LogP) is 6.32. The number of carbonyl (C=O) groups is 3. The molecule has 5 rings (SSSR count). The number of para-hydroxylation sites is 1. The largest absolute Gasteiger partial charge is 0.342 e. The van der Waals surface area contributed by atoms with Gasteiger partial charge in [-0.15, -0.1) is 11.8 Å². The average Bonchev–Trinajstić information content (AvgIpc) is 3.10. The predicted molar refractivity (Wildman–Crippen MR) is 168 cm³/mol. The molecule has 2 saturated heterocycles. The molecule has 2 unspecified atom stereocenters. The van der Waals surface area contributed by atoms with E-state index in [4.69, 9.17) is 0 Å². The maximum Gasteiger partial charge on any atom is 0.322 e. The fraction of sp³-hybridized carbons (Fsp3) is 0.545. The van der Waals surface area contributed by atoms with Crippen LogP contribution in [0, 0.1) is 26.7 Å². The standard InChI is InChI=1S/C33H44N4O3S.H2/c1-21(2)10-16-37-31(39)28(41-32(37)30-23(4)18-22(3)19-24(30)5)20-29(38)35-14-12-26(13-15-35)36-17-11-25-8-6-7-9-27(25)34-33(36)40;/h6-9,18-19,21,26,28,32H,10-17,20H2,1-5H3,(H,34,40);1H. The lowest BCUT2D eigenvalue weighted by molar-refractivity contribution is -0.136. The van der Waals surface area contributed by atoms with Gasteiger partial charge in [0.15, 0.2) is 0 Å². The summed E-state index contributed by atoms with van der Waals surface area (Å²) < 4.78 is 0. The number of nitrogens with one attached hydrogen (secondary N) is 1. The summed E-state index contributed by atoms with van der Waals surface area (Å²) in [5.74, 6) is 0.629. The molecule has 1 N–H and O–H groups in total. The zero-order chi connectivity index (χ0) is 29.3. The first-order valence-corrected chi connectivity index (χ1v) is 16.0. The lowest BCUT2D eigenvalue weighted by Crippen LogP contribution is -2.50. The van der Waals surface area contributed by atoms with Crippen molar-refractivity contribution in [3.05, 3.63) is 64.2 Å². The van der Waals surface area contributed by atoms with Crippen molar-refractivity contribution < 1.29 is 15.8 Å². The number of rotatable bonds is 7. The highest BCUT2D eigenvalue weighted by Crippen LogP contribution is 2.47. The zero-order valence-electron chi connectivity index (χ0n) is 25.1. The normalized spacial score (nSPS) is 21.8. The molecule has 222 valence electrons. The number of urea groups is 1. The average molecular weight is 579 g/mol. The number of hydrogen-bond donors (Lipinski definition) is 1. The van der Waals surface area contributed by atoms with Crippen molar-refractivity contribution in [1.82, 2.24) is 14.7 Å². The quantitative estimate of drug-likeness (QED) is 0.418. The molecule has 2 fully saturated rings. The van der Waals surface area contributed by atoms with Gasteiger partial charge in [-0.1, -0.05) is 49.7 Å². The van der Waals surface area contributed by atoms with Gasteiger partial charge >= 0.3 is 6.03 Å². The zero-order valence-corrected chi connectivity index (χ0v) is 25.9. The number of aryl methyl sites for hydroxylation is 3. The summed E-state index contributed by atoms with van der Waals surface area (Å²) in [6.07, 6.45) is 3.50. The van der Waals surface area contributed by atoms with E-state index >= 15 is 0 Å². The Bertz CT molecular complexity index is 1290. The first-order valence-electron chi connectivity index (χ1n) is 15.1. The molecular formula is C33H46N4O3S. The number of likely N-dealkylation sites (tertiary alicyclic amines) is 1. The van der Waals surface area contributed by atoms with Gasteiger partial charge in [-0.2, -0.15) is 0 Å². The van der Waals surface area contributed by atoms with Gasteiger partial charge in [-0.05, 0) is 80.7 Å². The second-order valence-corrected chi connectivity index (χ2v) is 13.6. The molecule has 0 saturated carbocycles. The summed E-state index contributed by atoms with van der Waals surface area (Å²) in [6, 6.07) is 12.4. The molecule has 0 spiro atoms. The maximum absolute atomic E-state index is 13.7. The Morgan fingerprint density at radius 2 is 1.73 bits per heavy atom. The third-order valence-electron chi connectivity index (χ3n) is 8.83. The topological polar surface area (TPSA) is 73.0 Å². The van der Waals surface area contributed by atoms with E-state index in [0.29, 0.717) is 32.1 Å². The van der Waals surface area contributed by atoms with Crippen LogP contribution in [0.1, 0.15) is 74.1 Å². The fourth-order valence-corrected chi connectivity index (χ4v) is 8.27. The molecule has 2 aromatic carbocycles. The summed E-state index contributed by atoms with van der Waals surface area (Å²) in [7, 11) is 0. The van der Waals surface area contributed by atoms with Crippen LogP contribution in [-0.2, 0) is 16.0 Å². The van der Waals surface area contributed by atoms with Gasteiger partial charge in [0.05, 0.1) is 5.25 Å². The van der Waals surface area contributed by atoms with E-state index in [1.807, 2.05) is 32.9 Å². The molecule has 2 atom stereocenters. The van der Waals surface area contributed by atoms with Crippen LogP contribution in [0.5, 0.6) is 0 Å². The minimum Gasteiger partial charge on any atom is -0.342 e. The van der Waals surface area contributed by atoms with Gasteiger partial charge in [-0.25, -0.2) is 4.79 Å². The molecule has 8 heteroatoms. The van der Waals surface area contributed by atoms with Gasteiger partial charge in [0.25, 0.3) is 0 Å². The van der Waals surface area contributed by atoms with Crippen molar-refractivity contribution in [2.75, 3.05) is 31.5 Å². The molecule has 3 heterocycles. The Labute approximate surface area is 250 Å². The van der Waals surface area contributed by atoms with Crippen molar-refractivity contribution in [2.24, 2.45) is 5.92 Å². The second kappa shape index (κ2) is 12.5. The highest BCUT2D eigenvalue weighted by atomic mass is 32.2. The fourth-order valence-electron chi connectivity index (χ4n) is 6.61. The number of carbonyl (C=O) groups excluding carboxylic acids is 3. The third-order valence-corrected chi connectivity index (χ3v) is 10.3. The lowest BCUT2D eigenvalue weighted by atomic mass is 9.98. The molecular weight excluding hydrogens is 532 g/mol. The SMILES string of the molecule is Cc1cc(C)c(C2SC(CC(=O)N3CCC(N4CCc5ccccc5NC4=O)CC3)C(=O)N2CCC(C)C)c(C)c1.[HH]. The molecule has 0 aliphatic carbocycles. The summed E-state index contributed by atoms with van der Waals surface area (Å²) in [6.45, 7) is 13.4. The first kappa shape index (κ1) is 29.5. The van der Waals surface area contributed by atoms with Gasteiger partial charge < -0.3 is 20.0 Å². The number of piperidine rings is 1. The lowest BCUT2D eigenvalue weighted by Gasteiger charge is -2.38. The molecule has 3 aliphatic rings. The highest BCUT2D eigenvalue weighted by Gasteiger charge is 2.43. The van der Waals surface area contributed by atoms with E-state index in [0.717, 1.165) is 36.9 Å². The Hall–Kier alpha value is -3.00. The van der Waals surface area contributed by atoms with Gasteiger partial charge in [0, 0.05) is 45.8 Å². The van der Waals surface area contributed by atoms with Crippen LogP contribution in [0.3, 0.4) is 0 Å². The number of thioether (sulfide) groups is 1. The molecule has 0 radical (unpaired) electrons. The number of fused-ring (bicyclic) bond motifs is 1. The van der Waals surface area contributed by atoms with Crippen molar-refractivity contribution >= 4 is 35.3 Å². The smallest absolute Gasteiger partial charge is 0.322 e. The Morgan fingerprint density at radius 1 is 1.05 bits per heavy atom. The molecule has 7 nitrogen and oxygen atoms in total. The summed E-state index contributed by atoms with van der Waals surface area (Å²) in [5, 5.41) is 2.64. The minimum absolute atomic E-state index is 0. The molecule has 0 bridgehead atoms. The molecule has 0 aromatic heterocycles. The van der Waals surface area contributed by atoms with Crippen LogP contribution < -0.4 is 5.32 Å². The van der Waals surface area contributed by atoms with E-state index < -0.39 is 0 Å². The van der Waals surface area contributed by atoms with E-state index in [9.17, 15) is 14.4 Å². The number of hydrogen-bond acceptors (Lipinski definition) is 4. The summed E-state index contributed by atoms with van der Waals surface area (Å²) in [5.41, 5.74) is 6.90. The minimum atomic E-state index is -0.368. The number of nitrogens with zero attached hydrogens (tertiary/aromatic N) is 3. The summed E-state index contributed by atoms with van der Waals surface area (Å²) >= 11 is 1.65. The van der Waals surface area contributed by atoms with Gasteiger partial charge in [0.2, 0.25) is 11.8 Å². The van der Waals surface area contributed by atoms with E-state index in [-0.39, 0.29) is 42.4 Å². The van der Waals surface area contributed by atoms with Crippen LogP contribution >= 0.6 is 11.8 Å². The summed E-state index contributed by atoms with van der Waals surface area (Å²) in [4.78, 5) is 46.1. The van der Waals surface area contributed by atoms with Crippen LogP contribution in [0.15, 0.2) is 36.4 Å². The Kier molecular flexibility index (Phi) is 8.97. The first-order chi connectivity index (χ1) is 19.6. The molecule has 41 heavy (non-hydrogen) atoms. The third kappa shape index (κ3) is 6.42. The number of amides is 4. The van der Waals surface area contributed by atoms with Crippen LogP contribution in [-0.4, -0.2) is 70.0 Å². The maximum atomic E-state index is 13.7. The molecule has 4 amide bonds. The van der Waals surface area contributed by atoms with Crippen molar-refractivity contribution in [2.45, 2.75) is 83.4 Å². The van der Waals surface area contributed by atoms with Gasteiger partial charge in [0.1, 0.15) is 5.37 Å². The van der Waals surface area contributed by atoms with Crippen molar-refractivity contribution in [3.63, 3.8) is 0 Å². The molecule has 2 aromatic rings. The Balaban J connectivity index is 0.00000405. The van der Waals surface area contributed by atoms with Crippen LogP contribution in [0.4, 0.5) is 10.5 Å². The number of anilines is 1. The highest BCUT2D eigenvalue weighted by molar-refractivity contribution is 8.01. The van der Waals surface area contributed by atoms with E-state index in [1.54, 1.807) is 11.8 Å². The van der Waals surface area contributed by atoms with Crippen molar-refractivity contribution in [1.29, 1.82) is 0 Å². The number of benzene rings is 2. The van der Waals surface area contributed by atoms with Crippen molar-refractivity contribution in [3.8, 4) is 0 Å². The Morgan fingerprint density at radius 3 is 2.41 bits per heavy atom. The second-order valence-electron chi connectivity index (χ2n) is 12.4. The van der Waals surface area contributed by atoms with E-state index in [1.165, 1.54) is 22.3 Å². The monoisotopic (exact) mass is 578 g/mol.